The van der Waals surface area contributed by atoms with Crippen molar-refractivity contribution in [2.45, 2.75) is 6.92 Å². The second kappa shape index (κ2) is 9.68. The molecular weight excluding hydrogens is 462 g/mol. The van der Waals surface area contributed by atoms with Crippen LogP contribution in [0.2, 0.25) is 0 Å². The number of nitrogens with zero attached hydrogens (tertiary/aromatic N) is 7. The molecule has 2 aromatic carbocycles. The number of carbonyl (C=O) groups excluding carboxylic acids is 1. The number of piperazine rings is 1. The van der Waals surface area contributed by atoms with Gasteiger partial charge >= 0.3 is 0 Å². The largest absolute Gasteiger partial charge is 0.493 e. The van der Waals surface area contributed by atoms with Crippen molar-refractivity contribution in [2.75, 3.05) is 52.4 Å². The van der Waals surface area contributed by atoms with E-state index in [1.807, 2.05) is 31.2 Å². The van der Waals surface area contributed by atoms with E-state index in [9.17, 15) is 4.79 Å². The second-order valence-corrected chi connectivity index (χ2v) is 8.40. The molecule has 5 rings (SSSR count). The predicted molar refractivity (Wildman–Crippen MR) is 133 cm³/mol. The monoisotopic (exact) mass is 489 g/mol. The third kappa shape index (κ3) is 4.12. The zero-order chi connectivity index (χ0) is 25.2. The summed E-state index contributed by atoms with van der Waals surface area (Å²) in [7, 11) is 4.59. The zero-order valence-electron chi connectivity index (χ0n) is 20.6. The van der Waals surface area contributed by atoms with Gasteiger partial charge in [-0.3, -0.25) is 4.79 Å². The van der Waals surface area contributed by atoms with Gasteiger partial charge in [-0.25, -0.2) is 9.97 Å². The summed E-state index contributed by atoms with van der Waals surface area (Å²) in [6.07, 6.45) is 1.53. The average Bonchev–Trinajstić information content (AvgIpc) is 3.36. The number of aryl methyl sites for hydroxylation is 1. The minimum Gasteiger partial charge on any atom is -0.493 e. The highest BCUT2D eigenvalue weighted by Gasteiger charge is 2.27. The summed E-state index contributed by atoms with van der Waals surface area (Å²) >= 11 is 0. The molecule has 0 saturated carbocycles. The van der Waals surface area contributed by atoms with Gasteiger partial charge in [-0.2, -0.15) is 4.68 Å². The fourth-order valence-corrected chi connectivity index (χ4v) is 4.34. The van der Waals surface area contributed by atoms with Gasteiger partial charge in [-0.05, 0) is 31.2 Å². The summed E-state index contributed by atoms with van der Waals surface area (Å²) in [6.45, 7) is 4.27. The Kier molecular flexibility index (Phi) is 6.28. The van der Waals surface area contributed by atoms with Crippen LogP contribution in [0.4, 0.5) is 5.82 Å². The lowest BCUT2D eigenvalue weighted by Crippen LogP contribution is -2.49. The van der Waals surface area contributed by atoms with E-state index in [0.717, 1.165) is 11.3 Å². The molecule has 0 unspecified atom stereocenters. The number of anilines is 1. The Morgan fingerprint density at radius 2 is 1.56 bits per heavy atom. The van der Waals surface area contributed by atoms with Crippen molar-refractivity contribution in [2.24, 2.45) is 0 Å². The fourth-order valence-electron chi connectivity index (χ4n) is 4.34. The lowest BCUT2D eigenvalue weighted by atomic mass is 10.1. The van der Waals surface area contributed by atoms with E-state index < -0.39 is 0 Å². The highest BCUT2D eigenvalue weighted by atomic mass is 16.5. The minimum absolute atomic E-state index is 0.105. The van der Waals surface area contributed by atoms with E-state index in [0.29, 0.717) is 66.0 Å². The van der Waals surface area contributed by atoms with E-state index in [1.54, 1.807) is 21.7 Å². The molecule has 1 fully saturated rings. The van der Waals surface area contributed by atoms with Crippen LogP contribution in [0.5, 0.6) is 17.2 Å². The summed E-state index contributed by atoms with van der Waals surface area (Å²) in [4.78, 5) is 26.1. The van der Waals surface area contributed by atoms with Crippen molar-refractivity contribution in [3.05, 3.63) is 53.9 Å². The van der Waals surface area contributed by atoms with Crippen LogP contribution in [-0.2, 0) is 0 Å². The van der Waals surface area contributed by atoms with Gasteiger partial charge in [0.15, 0.2) is 28.5 Å². The van der Waals surface area contributed by atoms with Crippen molar-refractivity contribution in [3.63, 3.8) is 0 Å². The van der Waals surface area contributed by atoms with Crippen molar-refractivity contribution in [3.8, 4) is 22.9 Å². The van der Waals surface area contributed by atoms with Crippen LogP contribution in [0.3, 0.4) is 0 Å². The Morgan fingerprint density at radius 3 is 2.17 bits per heavy atom. The summed E-state index contributed by atoms with van der Waals surface area (Å²) < 4.78 is 17.9. The topological polar surface area (TPSA) is 108 Å². The first-order chi connectivity index (χ1) is 17.5. The molecule has 1 saturated heterocycles. The summed E-state index contributed by atoms with van der Waals surface area (Å²) in [5, 5.41) is 8.69. The summed E-state index contributed by atoms with van der Waals surface area (Å²) in [5.41, 5.74) is 3.79. The number of hydrogen-bond acceptors (Lipinski definition) is 9. The molecule has 36 heavy (non-hydrogen) atoms. The molecule has 0 N–H and O–H groups in total. The molecule has 1 amide bonds. The van der Waals surface area contributed by atoms with E-state index >= 15 is 0 Å². The Hall–Kier alpha value is -4.41. The van der Waals surface area contributed by atoms with Gasteiger partial charge in [-0.15, -0.1) is 5.10 Å². The number of methoxy groups -OCH3 is 3. The minimum atomic E-state index is -0.105. The molecule has 0 aliphatic carbocycles. The molecule has 1 aliphatic heterocycles. The summed E-state index contributed by atoms with van der Waals surface area (Å²) in [6, 6.07) is 11.4. The van der Waals surface area contributed by atoms with Gasteiger partial charge in [0, 0.05) is 31.7 Å². The number of rotatable bonds is 6. The highest BCUT2D eigenvalue weighted by molar-refractivity contribution is 5.96. The van der Waals surface area contributed by atoms with Crippen LogP contribution >= 0.6 is 0 Å². The van der Waals surface area contributed by atoms with Gasteiger partial charge in [0.1, 0.15) is 6.33 Å². The van der Waals surface area contributed by atoms with Gasteiger partial charge in [0.05, 0.1) is 27.0 Å². The first-order valence-electron chi connectivity index (χ1n) is 11.5. The Morgan fingerprint density at radius 1 is 0.889 bits per heavy atom. The first-order valence-corrected chi connectivity index (χ1v) is 11.5. The van der Waals surface area contributed by atoms with Crippen LogP contribution in [0, 0.1) is 6.92 Å². The fraction of sp³-hybridized carbons (Fsp3) is 0.320. The van der Waals surface area contributed by atoms with Crippen LogP contribution in [-0.4, -0.2) is 83.3 Å². The first kappa shape index (κ1) is 23.3. The normalized spacial score (nSPS) is 13.7. The molecule has 1 aliphatic rings. The van der Waals surface area contributed by atoms with Crippen molar-refractivity contribution < 1.29 is 19.0 Å². The third-order valence-electron chi connectivity index (χ3n) is 6.28. The molecule has 11 nitrogen and oxygen atoms in total. The predicted octanol–water partition coefficient (Wildman–Crippen LogP) is 2.51. The molecule has 0 bridgehead atoms. The molecule has 2 aromatic heterocycles. The number of benzene rings is 2. The van der Waals surface area contributed by atoms with Crippen molar-refractivity contribution in [1.29, 1.82) is 0 Å². The second-order valence-electron chi connectivity index (χ2n) is 8.40. The van der Waals surface area contributed by atoms with Crippen molar-refractivity contribution in [1.82, 2.24) is 29.9 Å². The van der Waals surface area contributed by atoms with Gasteiger partial charge in [0.2, 0.25) is 5.75 Å². The maximum atomic E-state index is 13.3. The molecule has 11 heteroatoms. The zero-order valence-corrected chi connectivity index (χ0v) is 20.6. The van der Waals surface area contributed by atoms with Crippen LogP contribution in [0.1, 0.15) is 15.9 Å². The summed E-state index contributed by atoms with van der Waals surface area (Å²) in [5.74, 6) is 1.94. The Bertz CT molecular complexity index is 1370. The van der Waals surface area contributed by atoms with E-state index in [4.69, 9.17) is 14.2 Å². The molecule has 3 heterocycles. The number of fused-ring (bicyclic) bond motifs is 1. The van der Waals surface area contributed by atoms with Crippen molar-refractivity contribution >= 4 is 22.9 Å². The molecule has 0 atom stereocenters. The van der Waals surface area contributed by atoms with Crippen LogP contribution in [0.25, 0.3) is 16.9 Å². The maximum Gasteiger partial charge on any atom is 0.254 e. The number of amides is 1. The molecule has 186 valence electrons. The van der Waals surface area contributed by atoms with Gasteiger partial charge < -0.3 is 24.0 Å². The number of ether oxygens (including phenoxy) is 3. The Labute approximate surface area is 208 Å². The number of aromatic nitrogens is 5. The van der Waals surface area contributed by atoms with E-state index in [1.165, 1.54) is 27.7 Å². The van der Waals surface area contributed by atoms with Gasteiger partial charge in [-0.1, -0.05) is 22.9 Å². The average molecular weight is 490 g/mol. The maximum absolute atomic E-state index is 13.3. The van der Waals surface area contributed by atoms with Crippen LogP contribution in [0.15, 0.2) is 42.7 Å². The quantitative estimate of drug-likeness (QED) is 0.404. The lowest BCUT2D eigenvalue weighted by Gasteiger charge is -2.35. The number of hydrogen-bond donors (Lipinski definition) is 0. The lowest BCUT2D eigenvalue weighted by molar-refractivity contribution is 0.0745. The molecular formula is C25H27N7O4. The van der Waals surface area contributed by atoms with E-state index in [2.05, 4.69) is 25.2 Å². The smallest absolute Gasteiger partial charge is 0.254 e. The van der Waals surface area contributed by atoms with Crippen LogP contribution < -0.4 is 19.1 Å². The third-order valence-corrected chi connectivity index (χ3v) is 6.28. The highest BCUT2D eigenvalue weighted by Crippen LogP contribution is 2.38. The van der Waals surface area contributed by atoms with Gasteiger partial charge in [0.25, 0.3) is 5.91 Å². The molecule has 0 spiro atoms. The Balaban J connectivity index is 1.35. The SMILES string of the molecule is COc1cc(C(=O)N2CCN(c3ncnc4c3nnn4-c3ccc(C)cc3)CC2)cc(OC)c1OC. The molecule has 4 aromatic rings. The number of carbonyl (C=O) groups is 1. The standard InChI is InChI=1S/C25H27N7O4/c1-16-5-7-18(8-6-16)32-24-21(28-29-32)23(26-15-27-24)30-9-11-31(12-10-30)25(33)17-13-19(34-2)22(36-4)20(14-17)35-3/h5-8,13-15H,9-12H2,1-4H3. The van der Waals surface area contributed by atoms with E-state index in [-0.39, 0.29) is 5.91 Å². The molecule has 0 radical (unpaired) electrons.